The van der Waals surface area contributed by atoms with Gasteiger partial charge < -0.3 is 4.74 Å². The number of alkyl halides is 1. The van der Waals surface area contributed by atoms with Crippen LogP contribution in [0, 0.1) is 5.92 Å². The molecule has 0 N–H and O–H groups in total. The van der Waals surface area contributed by atoms with Gasteiger partial charge in [-0.05, 0) is 50.7 Å². The first-order valence-corrected chi connectivity index (χ1v) is 7.65. The van der Waals surface area contributed by atoms with Crippen molar-refractivity contribution in [3.8, 4) is 0 Å². The molecule has 3 atom stereocenters. The van der Waals surface area contributed by atoms with Gasteiger partial charge in [0.05, 0.1) is 5.60 Å². The molecule has 2 rings (SSSR count). The lowest BCUT2D eigenvalue weighted by Gasteiger charge is -2.38. The van der Waals surface area contributed by atoms with Crippen molar-refractivity contribution >= 4 is 23.4 Å². The summed E-state index contributed by atoms with van der Waals surface area (Å²) in [5.74, 6) is 3.37. The Labute approximate surface area is 102 Å². The summed E-state index contributed by atoms with van der Waals surface area (Å²) in [5.41, 5.74) is 0.253. The molecule has 0 aromatic rings. The van der Waals surface area contributed by atoms with Crippen molar-refractivity contribution in [1.29, 1.82) is 0 Å². The molecule has 3 heteroatoms. The summed E-state index contributed by atoms with van der Waals surface area (Å²) >= 11 is 8.07. The van der Waals surface area contributed by atoms with Crippen molar-refractivity contribution < 1.29 is 4.74 Å². The highest BCUT2D eigenvalue weighted by Gasteiger charge is 2.40. The Kier molecular flexibility index (Phi) is 4.25. The summed E-state index contributed by atoms with van der Waals surface area (Å²) in [5, 5.41) is 0.335. The van der Waals surface area contributed by atoms with Crippen LogP contribution >= 0.6 is 23.4 Å². The summed E-state index contributed by atoms with van der Waals surface area (Å²) in [4.78, 5) is 0. The Balaban J connectivity index is 1.81. The molecule has 0 radical (unpaired) electrons. The van der Waals surface area contributed by atoms with E-state index in [-0.39, 0.29) is 5.60 Å². The fourth-order valence-electron chi connectivity index (χ4n) is 2.70. The minimum atomic E-state index is 0.253. The zero-order valence-corrected chi connectivity index (χ0v) is 11.1. The second-order valence-electron chi connectivity index (χ2n) is 5.05. The zero-order valence-electron chi connectivity index (χ0n) is 9.51. The lowest BCUT2D eigenvalue weighted by molar-refractivity contribution is -0.0807. The van der Waals surface area contributed by atoms with E-state index in [4.69, 9.17) is 16.3 Å². The molecule has 0 aromatic heterocycles. The monoisotopic (exact) mass is 248 g/mol. The van der Waals surface area contributed by atoms with Gasteiger partial charge in [0.15, 0.2) is 0 Å². The molecule has 2 aliphatic heterocycles. The first-order chi connectivity index (χ1) is 7.20. The lowest BCUT2D eigenvalue weighted by Crippen LogP contribution is -2.39. The maximum absolute atomic E-state index is 6.01. The van der Waals surface area contributed by atoms with Crippen molar-refractivity contribution in [2.24, 2.45) is 5.92 Å². The number of thioether (sulfide) groups is 1. The number of rotatable bonds is 3. The van der Waals surface area contributed by atoms with Crippen molar-refractivity contribution in [2.45, 2.75) is 50.0 Å². The fraction of sp³-hybridized carbons (Fsp3) is 1.00. The topological polar surface area (TPSA) is 9.23 Å². The number of ether oxygens (including phenoxy) is 1. The maximum atomic E-state index is 6.01. The minimum Gasteiger partial charge on any atom is -0.374 e. The third-order valence-corrected chi connectivity index (χ3v) is 5.08. The summed E-state index contributed by atoms with van der Waals surface area (Å²) in [7, 11) is 0. The van der Waals surface area contributed by atoms with E-state index in [0.717, 1.165) is 18.9 Å². The molecule has 2 saturated heterocycles. The Hall–Kier alpha value is 0.600. The van der Waals surface area contributed by atoms with Gasteiger partial charge in [0.2, 0.25) is 0 Å². The van der Waals surface area contributed by atoms with Gasteiger partial charge in [-0.15, -0.1) is 11.6 Å². The SMILES string of the molecule is CC(Cl)CCC1CCOC2(CCSC2)C1. The molecule has 88 valence electrons. The van der Waals surface area contributed by atoms with Gasteiger partial charge in [-0.25, -0.2) is 0 Å². The molecular formula is C12H21ClOS. The van der Waals surface area contributed by atoms with E-state index in [0.29, 0.717) is 5.38 Å². The molecule has 0 saturated carbocycles. The molecule has 2 heterocycles. The molecule has 0 bridgehead atoms. The largest absolute Gasteiger partial charge is 0.374 e. The smallest absolute Gasteiger partial charge is 0.0783 e. The standard InChI is InChI=1S/C12H21ClOS/c1-10(13)2-3-11-4-6-14-12(8-11)5-7-15-9-12/h10-11H,2-9H2,1H3. The van der Waals surface area contributed by atoms with E-state index in [1.165, 1.54) is 37.2 Å². The Bertz CT molecular complexity index is 202. The van der Waals surface area contributed by atoms with E-state index in [2.05, 4.69) is 18.7 Å². The third kappa shape index (κ3) is 3.28. The van der Waals surface area contributed by atoms with Gasteiger partial charge >= 0.3 is 0 Å². The Morgan fingerprint density at radius 1 is 1.60 bits per heavy atom. The van der Waals surface area contributed by atoms with Crippen LogP contribution in [0.1, 0.15) is 39.0 Å². The van der Waals surface area contributed by atoms with Gasteiger partial charge in [0.25, 0.3) is 0 Å². The highest BCUT2D eigenvalue weighted by molar-refractivity contribution is 7.99. The molecule has 3 unspecified atom stereocenters. The van der Waals surface area contributed by atoms with Crippen LogP contribution in [0.4, 0.5) is 0 Å². The average Bonchev–Trinajstić information content (AvgIpc) is 2.63. The second kappa shape index (κ2) is 5.29. The minimum absolute atomic E-state index is 0.253. The van der Waals surface area contributed by atoms with Crippen LogP contribution in [-0.4, -0.2) is 29.1 Å². The van der Waals surface area contributed by atoms with Crippen molar-refractivity contribution in [2.75, 3.05) is 18.1 Å². The van der Waals surface area contributed by atoms with E-state index >= 15 is 0 Å². The molecule has 2 fully saturated rings. The summed E-state index contributed by atoms with van der Waals surface area (Å²) in [6.07, 6.45) is 6.25. The van der Waals surface area contributed by atoms with E-state index in [9.17, 15) is 0 Å². The molecule has 0 amide bonds. The van der Waals surface area contributed by atoms with E-state index < -0.39 is 0 Å². The Morgan fingerprint density at radius 3 is 3.13 bits per heavy atom. The molecule has 1 spiro atoms. The van der Waals surface area contributed by atoms with Crippen LogP contribution in [-0.2, 0) is 4.74 Å². The Morgan fingerprint density at radius 2 is 2.47 bits per heavy atom. The quantitative estimate of drug-likeness (QED) is 0.705. The molecular weight excluding hydrogens is 228 g/mol. The van der Waals surface area contributed by atoms with Crippen LogP contribution in [0.2, 0.25) is 0 Å². The van der Waals surface area contributed by atoms with Crippen molar-refractivity contribution in [3.05, 3.63) is 0 Å². The molecule has 15 heavy (non-hydrogen) atoms. The summed E-state index contributed by atoms with van der Waals surface area (Å²) < 4.78 is 6.01. The van der Waals surface area contributed by atoms with Crippen LogP contribution in [0.25, 0.3) is 0 Å². The van der Waals surface area contributed by atoms with E-state index in [1.807, 2.05) is 0 Å². The predicted molar refractivity (Wildman–Crippen MR) is 67.9 cm³/mol. The zero-order chi connectivity index (χ0) is 10.7. The molecule has 0 aromatic carbocycles. The second-order valence-corrected chi connectivity index (χ2v) is 6.90. The highest BCUT2D eigenvalue weighted by Crippen LogP contribution is 2.41. The summed E-state index contributed by atoms with van der Waals surface area (Å²) in [6, 6.07) is 0. The van der Waals surface area contributed by atoms with Gasteiger partial charge in [-0.1, -0.05) is 0 Å². The predicted octanol–water partition coefficient (Wildman–Crippen LogP) is 3.70. The van der Waals surface area contributed by atoms with Gasteiger partial charge in [0, 0.05) is 17.7 Å². The fourth-order valence-corrected chi connectivity index (χ4v) is 4.21. The summed E-state index contributed by atoms with van der Waals surface area (Å²) in [6.45, 7) is 3.07. The van der Waals surface area contributed by atoms with Crippen LogP contribution in [0.3, 0.4) is 0 Å². The van der Waals surface area contributed by atoms with Gasteiger partial charge in [-0.3, -0.25) is 0 Å². The molecule has 0 aliphatic carbocycles. The lowest BCUT2D eigenvalue weighted by atomic mass is 9.83. The molecule has 2 aliphatic rings. The number of hydrogen-bond donors (Lipinski definition) is 0. The van der Waals surface area contributed by atoms with Crippen LogP contribution in [0.15, 0.2) is 0 Å². The molecule has 1 nitrogen and oxygen atoms in total. The normalized spacial score (nSPS) is 38.4. The van der Waals surface area contributed by atoms with Gasteiger partial charge in [0.1, 0.15) is 0 Å². The first-order valence-electron chi connectivity index (χ1n) is 6.06. The van der Waals surface area contributed by atoms with Crippen LogP contribution < -0.4 is 0 Å². The highest BCUT2D eigenvalue weighted by atomic mass is 35.5. The van der Waals surface area contributed by atoms with Crippen molar-refractivity contribution in [1.82, 2.24) is 0 Å². The van der Waals surface area contributed by atoms with Crippen molar-refractivity contribution in [3.63, 3.8) is 0 Å². The van der Waals surface area contributed by atoms with Crippen LogP contribution in [0.5, 0.6) is 0 Å². The number of hydrogen-bond acceptors (Lipinski definition) is 2. The van der Waals surface area contributed by atoms with Gasteiger partial charge in [-0.2, -0.15) is 11.8 Å². The maximum Gasteiger partial charge on any atom is 0.0783 e. The average molecular weight is 249 g/mol. The number of halogens is 1. The van der Waals surface area contributed by atoms with E-state index in [1.54, 1.807) is 0 Å². The first kappa shape index (κ1) is 12.1. The third-order valence-electron chi connectivity index (χ3n) is 3.63.